The molecule has 28 heavy (non-hydrogen) atoms. The zero-order valence-electron chi connectivity index (χ0n) is 16.0. The van der Waals surface area contributed by atoms with Crippen molar-refractivity contribution < 1.29 is 13.2 Å². The van der Waals surface area contributed by atoms with Crippen molar-refractivity contribution in [2.75, 3.05) is 30.7 Å². The van der Waals surface area contributed by atoms with Crippen LogP contribution in [0.1, 0.15) is 13.8 Å². The second-order valence-electron chi connectivity index (χ2n) is 5.74. The molecule has 0 radical (unpaired) electrons. The Bertz CT molecular complexity index is 856. The lowest BCUT2D eigenvalue weighted by Crippen LogP contribution is -2.34. The molecule has 0 bridgehead atoms. The average molecular weight is 518 g/mol. The third-order valence-electron chi connectivity index (χ3n) is 3.82. The van der Waals surface area contributed by atoms with Crippen LogP contribution in [-0.2, 0) is 10.0 Å². The van der Waals surface area contributed by atoms with Crippen molar-refractivity contribution in [1.82, 2.24) is 4.31 Å². The van der Waals surface area contributed by atoms with Crippen LogP contribution >= 0.6 is 24.0 Å². The summed E-state index contributed by atoms with van der Waals surface area (Å²) in [6, 6.07) is 16.7. The molecule has 154 valence electrons. The first-order valence-corrected chi connectivity index (χ1v) is 10.4. The summed E-state index contributed by atoms with van der Waals surface area (Å²) in [5.74, 6) is 1.47. The second-order valence-corrected chi connectivity index (χ2v) is 7.82. The number of anilines is 1. The Morgan fingerprint density at radius 2 is 1.71 bits per heavy atom. The third-order valence-corrected chi connectivity index (χ3v) is 5.82. The number of benzene rings is 2. The van der Waals surface area contributed by atoms with Crippen LogP contribution in [0.2, 0.25) is 0 Å². The topological polar surface area (TPSA) is 97.0 Å². The van der Waals surface area contributed by atoms with Gasteiger partial charge in [-0.05, 0) is 24.3 Å². The van der Waals surface area contributed by atoms with Gasteiger partial charge in [-0.1, -0.05) is 38.1 Å². The lowest BCUT2D eigenvalue weighted by atomic mass is 10.3. The van der Waals surface area contributed by atoms with Gasteiger partial charge in [0.25, 0.3) is 0 Å². The largest absolute Gasteiger partial charge is 0.457 e. The molecule has 0 aliphatic carbocycles. The van der Waals surface area contributed by atoms with Gasteiger partial charge in [-0.15, -0.1) is 24.0 Å². The smallest absolute Gasteiger partial charge is 0.215 e. The summed E-state index contributed by atoms with van der Waals surface area (Å²) in [5.41, 5.74) is 6.57. The van der Waals surface area contributed by atoms with E-state index in [-0.39, 0.29) is 42.2 Å². The molecule has 9 heteroatoms. The minimum atomic E-state index is -3.31. The number of halogens is 1. The Balaban J connectivity index is 0.00000392. The Morgan fingerprint density at radius 1 is 1.07 bits per heavy atom. The van der Waals surface area contributed by atoms with Gasteiger partial charge in [-0.25, -0.2) is 12.7 Å². The molecule has 0 amide bonds. The van der Waals surface area contributed by atoms with Crippen molar-refractivity contribution in [1.29, 1.82) is 0 Å². The standard InChI is InChI=1S/C19H26N4O3S.HI/c1-3-23(4-2)27(24,25)14-13-21-19(20)22-16-9-8-12-18(15-16)26-17-10-6-5-7-11-17;/h5-12,15H,3-4,13-14H2,1-2H3,(H3,20,21,22);1H. The highest BCUT2D eigenvalue weighted by Crippen LogP contribution is 2.23. The van der Waals surface area contributed by atoms with E-state index in [1.165, 1.54) is 4.31 Å². The van der Waals surface area contributed by atoms with Crippen molar-refractivity contribution >= 4 is 45.6 Å². The van der Waals surface area contributed by atoms with Gasteiger partial charge in [0.2, 0.25) is 10.0 Å². The molecule has 0 aliphatic rings. The summed E-state index contributed by atoms with van der Waals surface area (Å²) in [6.45, 7) is 4.61. The highest BCUT2D eigenvalue weighted by atomic mass is 127. The summed E-state index contributed by atoms with van der Waals surface area (Å²) < 4.78 is 31.4. The first kappa shape index (κ1) is 24.2. The maximum Gasteiger partial charge on any atom is 0.215 e. The predicted molar refractivity (Wildman–Crippen MR) is 125 cm³/mol. The van der Waals surface area contributed by atoms with Crippen LogP contribution in [0.15, 0.2) is 59.6 Å². The number of nitrogens with one attached hydrogen (secondary N) is 1. The summed E-state index contributed by atoms with van der Waals surface area (Å²) in [4.78, 5) is 4.11. The van der Waals surface area contributed by atoms with Crippen molar-refractivity contribution in [3.63, 3.8) is 0 Å². The van der Waals surface area contributed by atoms with Crippen LogP contribution in [0, 0.1) is 0 Å². The molecule has 0 aliphatic heterocycles. The minimum absolute atomic E-state index is 0. The molecular formula is C19H27IN4O3S. The number of aliphatic imine (C=N–C) groups is 1. The van der Waals surface area contributed by atoms with Gasteiger partial charge in [-0.3, -0.25) is 4.99 Å². The van der Waals surface area contributed by atoms with E-state index in [1.807, 2.05) is 62.4 Å². The van der Waals surface area contributed by atoms with E-state index in [4.69, 9.17) is 10.5 Å². The summed E-state index contributed by atoms with van der Waals surface area (Å²) >= 11 is 0. The number of hydrogen-bond donors (Lipinski definition) is 2. The van der Waals surface area contributed by atoms with Gasteiger partial charge in [-0.2, -0.15) is 0 Å². The maximum absolute atomic E-state index is 12.1. The first-order valence-electron chi connectivity index (χ1n) is 8.82. The molecule has 0 atom stereocenters. The molecular weight excluding hydrogens is 491 g/mol. The van der Waals surface area contributed by atoms with Crippen LogP contribution in [0.25, 0.3) is 0 Å². The monoisotopic (exact) mass is 518 g/mol. The molecule has 0 saturated carbocycles. The number of sulfonamides is 1. The number of hydrogen-bond acceptors (Lipinski definition) is 4. The fourth-order valence-corrected chi connectivity index (χ4v) is 3.84. The molecule has 0 spiro atoms. The summed E-state index contributed by atoms with van der Waals surface area (Å²) in [6.07, 6.45) is 0. The van der Waals surface area contributed by atoms with Gasteiger partial charge in [0.1, 0.15) is 11.5 Å². The highest BCUT2D eigenvalue weighted by molar-refractivity contribution is 14.0. The van der Waals surface area contributed by atoms with Crippen LogP contribution in [0.5, 0.6) is 11.5 Å². The van der Waals surface area contributed by atoms with Crippen molar-refractivity contribution in [2.24, 2.45) is 10.7 Å². The van der Waals surface area contributed by atoms with Gasteiger partial charge in [0, 0.05) is 24.8 Å². The lowest BCUT2D eigenvalue weighted by molar-refractivity contribution is 0.445. The molecule has 0 heterocycles. The zero-order valence-corrected chi connectivity index (χ0v) is 19.2. The van der Waals surface area contributed by atoms with Gasteiger partial charge < -0.3 is 15.8 Å². The van der Waals surface area contributed by atoms with Gasteiger partial charge in [0.15, 0.2) is 5.96 Å². The number of rotatable bonds is 9. The van der Waals surface area contributed by atoms with Crippen molar-refractivity contribution in [3.05, 3.63) is 54.6 Å². The zero-order chi connectivity index (χ0) is 19.7. The van der Waals surface area contributed by atoms with E-state index in [1.54, 1.807) is 6.07 Å². The normalized spacial score (nSPS) is 11.8. The van der Waals surface area contributed by atoms with Gasteiger partial charge in [0.05, 0.1) is 12.3 Å². The molecule has 2 aromatic carbocycles. The van der Waals surface area contributed by atoms with Crippen LogP contribution in [-0.4, -0.2) is 44.1 Å². The van der Waals surface area contributed by atoms with Crippen molar-refractivity contribution in [3.8, 4) is 11.5 Å². The Hall–Kier alpha value is -1.85. The van der Waals surface area contributed by atoms with Crippen molar-refractivity contribution in [2.45, 2.75) is 13.8 Å². The number of nitrogens with two attached hydrogens (primary N) is 1. The molecule has 0 saturated heterocycles. The van der Waals surface area contributed by atoms with Gasteiger partial charge >= 0.3 is 0 Å². The number of para-hydroxylation sites is 1. The average Bonchev–Trinajstić information content (AvgIpc) is 2.63. The molecule has 0 aromatic heterocycles. The summed E-state index contributed by atoms with van der Waals surface area (Å²) in [5, 5.41) is 2.95. The molecule has 7 nitrogen and oxygen atoms in total. The molecule has 2 aromatic rings. The quantitative estimate of drug-likeness (QED) is 0.301. The second kappa shape index (κ2) is 11.9. The third kappa shape index (κ3) is 7.64. The Kier molecular flexibility index (Phi) is 10.3. The fraction of sp³-hybridized carbons (Fsp3) is 0.316. The molecule has 2 rings (SSSR count). The van der Waals surface area contributed by atoms with Crippen LogP contribution in [0.3, 0.4) is 0 Å². The van der Waals surface area contributed by atoms with Crippen LogP contribution < -0.4 is 15.8 Å². The maximum atomic E-state index is 12.1. The number of nitrogens with zero attached hydrogens (tertiary/aromatic N) is 2. The Labute approximate surface area is 184 Å². The van der Waals surface area contributed by atoms with E-state index >= 15 is 0 Å². The molecule has 0 unspecified atom stereocenters. The van der Waals surface area contributed by atoms with E-state index in [0.717, 1.165) is 5.75 Å². The van der Waals surface area contributed by atoms with E-state index < -0.39 is 10.0 Å². The van der Waals surface area contributed by atoms with E-state index in [2.05, 4.69) is 10.3 Å². The molecule has 3 N–H and O–H groups in total. The first-order chi connectivity index (χ1) is 12.9. The summed E-state index contributed by atoms with van der Waals surface area (Å²) in [7, 11) is -3.31. The minimum Gasteiger partial charge on any atom is -0.457 e. The predicted octanol–water partition coefficient (Wildman–Crippen LogP) is 3.50. The van der Waals surface area contributed by atoms with Crippen LogP contribution in [0.4, 0.5) is 5.69 Å². The lowest BCUT2D eigenvalue weighted by Gasteiger charge is -2.17. The van der Waals surface area contributed by atoms with E-state index in [9.17, 15) is 8.42 Å². The SMILES string of the molecule is CCN(CC)S(=O)(=O)CCN=C(N)Nc1cccc(Oc2ccccc2)c1.I. The van der Waals surface area contributed by atoms with E-state index in [0.29, 0.717) is 24.5 Å². The number of guanidine groups is 1. The highest BCUT2D eigenvalue weighted by Gasteiger charge is 2.17. The fourth-order valence-electron chi connectivity index (χ4n) is 2.48. The molecule has 0 fully saturated rings. The Morgan fingerprint density at radius 3 is 2.36 bits per heavy atom. The number of ether oxygens (including phenoxy) is 1.